The lowest BCUT2D eigenvalue weighted by Gasteiger charge is -2.20. The van der Waals surface area contributed by atoms with Crippen LogP contribution in [0.2, 0.25) is 0 Å². The quantitative estimate of drug-likeness (QED) is 0.353. The number of carbonyl (C=O) groups is 1. The minimum atomic E-state index is -0.988. The maximum atomic E-state index is 10.3. The molecule has 5 heteroatoms. The van der Waals surface area contributed by atoms with Crippen LogP contribution in [0, 0.1) is 5.41 Å². The maximum absolute atomic E-state index is 10.3. The summed E-state index contributed by atoms with van der Waals surface area (Å²) in [5.41, 5.74) is 5.02. The van der Waals surface area contributed by atoms with Crippen LogP contribution >= 0.6 is 0 Å². The Bertz CT molecular complexity index is 139. The molecule has 4 N–H and O–H groups in total. The SMILES string of the molecule is C[C@H](C(=O)O)N(C)C(=N)N. The predicted molar refractivity (Wildman–Crippen MR) is 36.8 cm³/mol. The van der Waals surface area contributed by atoms with Crippen LogP contribution in [0.25, 0.3) is 0 Å². The van der Waals surface area contributed by atoms with Gasteiger partial charge in [0, 0.05) is 7.05 Å². The number of aliphatic carboxylic acids is 1. The third-order valence-electron chi connectivity index (χ3n) is 1.32. The lowest BCUT2D eigenvalue weighted by Crippen LogP contribution is -2.43. The van der Waals surface area contributed by atoms with Crippen LogP contribution in [0.5, 0.6) is 0 Å². The number of rotatable bonds is 2. The van der Waals surface area contributed by atoms with Gasteiger partial charge in [0.25, 0.3) is 0 Å². The van der Waals surface area contributed by atoms with Gasteiger partial charge in [-0.25, -0.2) is 4.79 Å². The smallest absolute Gasteiger partial charge is 0.326 e. The summed E-state index contributed by atoms with van der Waals surface area (Å²) in [6.07, 6.45) is 0. The van der Waals surface area contributed by atoms with E-state index in [0.717, 1.165) is 0 Å². The van der Waals surface area contributed by atoms with Crippen molar-refractivity contribution in [3.8, 4) is 0 Å². The van der Waals surface area contributed by atoms with Crippen molar-refractivity contribution < 1.29 is 9.90 Å². The van der Waals surface area contributed by atoms with E-state index in [-0.39, 0.29) is 5.96 Å². The highest BCUT2D eigenvalue weighted by Crippen LogP contribution is 1.92. The van der Waals surface area contributed by atoms with E-state index in [4.69, 9.17) is 16.2 Å². The van der Waals surface area contributed by atoms with E-state index in [1.807, 2.05) is 0 Å². The van der Waals surface area contributed by atoms with E-state index in [2.05, 4.69) is 0 Å². The highest BCUT2D eigenvalue weighted by molar-refractivity contribution is 5.82. The number of carboxylic acids is 1. The molecule has 0 radical (unpaired) electrons. The van der Waals surface area contributed by atoms with Gasteiger partial charge in [-0.2, -0.15) is 0 Å². The van der Waals surface area contributed by atoms with Gasteiger partial charge in [-0.1, -0.05) is 0 Å². The van der Waals surface area contributed by atoms with Crippen LogP contribution < -0.4 is 5.73 Å². The molecule has 0 fully saturated rings. The fourth-order valence-electron chi connectivity index (χ4n) is 0.374. The van der Waals surface area contributed by atoms with Crippen LogP contribution in [0.1, 0.15) is 6.92 Å². The average Bonchev–Trinajstić information content (AvgIpc) is 1.84. The van der Waals surface area contributed by atoms with Crippen molar-refractivity contribution in [2.75, 3.05) is 7.05 Å². The fourth-order valence-corrected chi connectivity index (χ4v) is 0.374. The molecule has 5 nitrogen and oxygen atoms in total. The van der Waals surface area contributed by atoms with Gasteiger partial charge in [-0.15, -0.1) is 0 Å². The van der Waals surface area contributed by atoms with Crippen molar-refractivity contribution in [3.05, 3.63) is 0 Å². The van der Waals surface area contributed by atoms with Crippen molar-refractivity contribution >= 4 is 11.9 Å². The molecule has 0 aromatic carbocycles. The number of nitrogens with zero attached hydrogens (tertiary/aromatic N) is 1. The number of nitrogens with two attached hydrogens (primary N) is 1. The monoisotopic (exact) mass is 145 g/mol. The van der Waals surface area contributed by atoms with E-state index < -0.39 is 12.0 Å². The lowest BCUT2D eigenvalue weighted by atomic mass is 10.3. The van der Waals surface area contributed by atoms with Crippen LogP contribution in [-0.2, 0) is 4.79 Å². The molecule has 0 saturated heterocycles. The van der Waals surface area contributed by atoms with Crippen molar-refractivity contribution in [2.24, 2.45) is 5.73 Å². The molecule has 0 heterocycles. The van der Waals surface area contributed by atoms with Gasteiger partial charge in [0.15, 0.2) is 5.96 Å². The molecule has 0 unspecified atom stereocenters. The highest BCUT2D eigenvalue weighted by atomic mass is 16.4. The number of likely N-dealkylation sites (N-methyl/N-ethyl adjacent to an activating group) is 1. The first kappa shape index (κ1) is 8.74. The van der Waals surface area contributed by atoms with Crippen LogP contribution in [0.15, 0.2) is 0 Å². The number of guanidine groups is 1. The molecule has 0 aromatic rings. The Kier molecular flexibility index (Phi) is 2.66. The second kappa shape index (κ2) is 3.05. The number of carboxylic acid groups (broad SMARTS) is 1. The molecule has 0 spiro atoms. The largest absolute Gasteiger partial charge is 0.480 e. The molecule has 0 saturated carbocycles. The van der Waals surface area contributed by atoms with Crippen molar-refractivity contribution in [1.82, 2.24) is 4.90 Å². The number of hydrogen-bond acceptors (Lipinski definition) is 2. The molecule has 0 amide bonds. The van der Waals surface area contributed by atoms with Crippen LogP contribution in [0.4, 0.5) is 0 Å². The van der Waals surface area contributed by atoms with Crippen molar-refractivity contribution in [3.63, 3.8) is 0 Å². The summed E-state index contributed by atoms with van der Waals surface area (Å²) in [6.45, 7) is 1.46. The minimum absolute atomic E-state index is 0.241. The van der Waals surface area contributed by atoms with Crippen molar-refractivity contribution in [1.29, 1.82) is 5.41 Å². The fraction of sp³-hybridized carbons (Fsp3) is 0.600. The summed E-state index contributed by atoms with van der Waals surface area (Å²) in [5.74, 6) is -1.23. The van der Waals surface area contributed by atoms with E-state index in [0.29, 0.717) is 0 Å². The molecule has 0 aliphatic heterocycles. The zero-order valence-corrected chi connectivity index (χ0v) is 5.96. The van der Waals surface area contributed by atoms with Gasteiger partial charge in [0.05, 0.1) is 0 Å². The number of hydrogen-bond donors (Lipinski definition) is 3. The zero-order chi connectivity index (χ0) is 8.31. The second-order valence-corrected chi connectivity index (χ2v) is 2.01. The van der Waals surface area contributed by atoms with E-state index >= 15 is 0 Å². The van der Waals surface area contributed by atoms with Crippen molar-refractivity contribution in [2.45, 2.75) is 13.0 Å². The summed E-state index contributed by atoms with van der Waals surface area (Å²) in [6, 6.07) is -0.738. The summed E-state index contributed by atoms with van der Waals surface area (Å²) in [7, 11) is 1.46. The summed E-state index contributed by atoms with van der Waals surface area (Å²) in [5, 5.41) is 15.3. The molecule has 0 aliphatic rings. The molecular formula is C5H11N3O2. The van der Waals surface area contributed by atoms with E-state index in [9.17, 15) is 4.79 Å². The van der Waals surface area contributed by atoms with Gasteiger partial charge in [-0.3, -0.25) is 5.41 Å². The molecule has 58 valence electrons. The Balaban J connectivity index is 4.07. The Morgan fingerprint density at radius 1 is 1.80 bits per heavy atom. The molecule has 0 aromatic heterocycles. The Hall–Kier alpha value is -1.26. The normalized spacial score (nSPS) is 12.2. The lowest BCUT2D eigenvalue weighted by molar-refractivity contribution is -0.140. The zero-order valence-electron chi connectivity index (χ0n) is 5.96. The van der Waals surface area contributed by atoms with Crippen LogP contribution in [-0.4, -0.2) is 35.0 Å². The predicted octanol–water partition coefficient (Wildman–Crippen LogP) is -0.715. The third-order valence-corrected chi connectivity index (χ3v) is 1.32. The molecule has 0 aliphatic carbocycles. The molecular weight excluding hydrogens is 134 g/mol. The summed E-state index contributed by atoms with van der Waals surface area (Å²) in [4.78, 5) is 11.4. The Labute approximate surface area is 58.9 Å². The van der Waals surface area contributed by atoms with Gasteiger partial charge in [0.2, 0.25) is 0 Å². The Morgan fingerprint density at radius 3 is 2.30 bits per heavy atom. The van der Waals surface area contributed by atoms with Gasteiger partial charge in [0.1, 0.15) is 6.04 Å². The third kappa shape index (κ3) is 1.93. The molecule has 10 heavy (non-hydrogen) atoms. The summed E-state index contributed by atoms with van der Waals surface area (Å²) >= 11 is 0. The molecule has 0 bridgehead atoms. The second-order valence-electron chi connectivity index (χ2n) is 2.01. The average molecular weight is 145 g/mol. The minimum Gasteiger partial charge on any atom is -0.480 e. The first-order chi connectivity index (χ1) is 4.46. The number of nitrogens with one attached hydrogen (secondary N) is 1. The maximum Gasteiger partial charge on any atom is 0.326 e. The van der Waals surface area contributed by atoms with E-state index in [1.165, 1.54) is 18.9 Å². The highest BCUT2D eigenvalue weighted by Gasteiger charge is 2.16. The first-order valence-corrected chi connectivity index (χ1v) is 2.76. The van der Waals surface area contributed by atoms with Gasteiger partial charge < -0.3 is 15.7 Å². The standard InChI is InChI=1S/C5H11N3O2/c1-3(4(9)10)8(2)5(6)7/h3H,1-2H3,(H3,6,7)(H,9,10)/t3-/m1/s1. The molecule has 0 rings (SSSR count). The molecule has 1 atom stereocenters. The summed E-state index contributed by atoms with van der Waals surface area (Å²) < 4.78 is 0. The van der Waals surface area contributed by atoms with E-state index in [1.54, 1.807) is 0 Å². The van der Waals surface area contributed by atoms with Crippen LogP contribution in [0.3, 0.4) is 0 Å². The van der Waals surface area contributed by atoms with Gasteiger partial charge in [-0.05, 0) is 6.92 Å². The van der Waals surface area contributed by atoms with Gasteiger partial charge >= 0.3 is 5.97 Å². The Morgan fingerprint density at radius 2 is 2.20 bits per heavy atom. The first-order valence-electron chi connectivity index (χ1n) is 2.76. The topological polar surface area (TPSA) is 90.4 Å².